The van der Waals surface area contributed by atoms with Gasteiger partial charge in [0.25, 0.3) is 5.91 Å². The van der Waals surface area contributed by atoms with E-state index in [9.17, 15) is 29.7 Å². The fourth-order valence-corrected chi connectivity index (χ4v) is 4.74. The van der Waals surface area contributed by atoms with Crippen molar-refractivity contribution >= 4 is 28.2 Å². The van der Waals surface area contributed by atoms with E-state index in [2.05, 4.69) is 5.32 Å². The fourth-order valence-electron chi connectivity index (χ4n) is 4.74. The molecule has 2 aromatic rings. The molecule has 0 radical (unpaired) electrons. The number of amides is 1. The average Bonchev–Trinajstić information content (AvgIpc) is 2.71. The molecule has 0 aliphatic heterocycles. The van der Waals surface area contributed by atoms with Gasteiger partial charge in [-0.1, -0.05) is 12.1 Å². The number of aliphatic hydroxyl groups excluding tert-OH is 1. The highest BCUT2D eigenvalue weighted by Crippen LogP contribution is 2.48. The highest BCUT2D eigenvalue weighted by atomic mass is 16.3. The molecular weight excluding hydrogens is 388 g/mol. The molecule has 8 nitrogen and oxygen atoms in total. The highest BCUT2D eigenvalue weighted by Gasteiger charge is 2.52. The lowest BCUT2D eigenvalue weighted by molar-refractivity contribution is -0.125. The Morgan fingerprint density at radius 3 is 2.40 bits per heavy atom. The van der Waals surface area contributed by atoms with Crippen molar-refractivity contribution in [2.75, 3.05) is 7.05 Å². The first-order chi connectivity index (χ1) is 14.1. The highest BCUT2D eigenvalue weighted by molar-refractivity contribution is 6.29. The van der Waals surface area contributed by atoms with Crippen molar-refractivity contribution in [3.8, 4) is 11.5 Å². The molecule has 0 bridgehead atoms. The number of hydrogen-bond acceptors (Lipinski definition) is 7. The largest absolute Gasteiger partial charge is 0.510 e. The summed E-state index contributed by atoms with van der Waals surface area (Å²) in [6.45, 7) is 3.44. The summed E-state index contributed by atoms with van der Waals surface area (Å²) in [5, 5.41) is 34.9. The van der Waals surface area contributed by atoms with Crippen LogP contribution in [0.1, 0.15) is 27.0 Å². The number of carbonyl (C=O) groups is 3. The minimum absolute atomic E-state index is 0.0413. The number of likely N-dealkylation sites (N-methyl/N-ethyl adjacent to an activating group) is 1. The van der Waals surface area contributed by atoms with Crippen LogP contribution in [0.3, 0.4) is 0 Å². The Bertz CT molecular complexity index is 1200. The van der Waals surface area contributed by atoms with E-state index >= 15 is 0 Å². The van der Waals surface area contributed by atoms with Crippen molar-refractivity contribution < 1.29 is 29.7 Å². The van der Waals surface area contributed by atoms with E-state index in [1.807, 2.05) is 0 Å². The van der Waals surface area contributed by atoms with Gasteiger partial charge >= 0.3 is 0 Å². The number of ketones is 2. The van der Waals surface area contributed by atoms with Crippen LogP contribution in [0.2, 0.25) is 0 Å². The number of nitrogens with one attached hydrogen (secondary N) is 1. The molecule has 0 aromatic heterocycles. The number of fused-ring (bicyclic) bond motifs is 3. The second-order valence-corrected chi connectivity index (χ2v) is 7.92. The zero-order valence-corrected chi connectivity index (χ0v) is 16.7. The van der Waals surface area contributed by atoms with Gasteiger partial charge in [0.15, 0.2) is 11.6 Å². The molecule has 2 aliphatic rings. The molecule has 8 heteroatoms. The summed E-state index contributed by atoms with van der Waals surface area (Å²) in [5.41, 5.74) is 7.31. The Morgan fingerprint density at radius 1 is 1.10 bits per heavy atom. The van der Waals surface area contributed by atoms with Gasteiger partial charge in [0, 0.05) is 13.0 Å². The van der Waals surface area contributed by atoms with Crippen LogP contribution in [0.25, 0.3) is 10.8 Å². The van der Waals surface area contributed by atoms with Gasteiger partial charge in [0.2, 0.25) is 0 Å². The molecule has 4 rings (SSSR count). The monoisotopic (exact) mass is 410 g/mol. The quantitative estimate of drug-likeness (QED) is 0.351. The molecule has 0 fully saturated rings. The third-order valence-electron chi connectivity index (χ3n) is 6.42. The van der Waals surface area contributed by atoms with Crippen molar-refractivity contribution in [1.82, 2.24) is 5.32 Å². The molecule has 0 saturated carbocycles. The third kappa shape index (κ3) is 2.40. The summed E-state index contributed by atoms with van der Waals surface area (Å²) < 4.78 is 0. The van der Waals surface area contributed by atoms with Gasteiger partial charge in [0.1, 0.15) is 22.8 Å². The van der Waals surface area contributed by atoms with Crippen LogP contribution in [0.5, 0.6) is 11.5 Å². The van der Waals surface area contributed by atoms with Crippen LogP contribution in [-0.2, 0) is 16.0 Å². The van der Waals surface area contributed by atoms with E-state index in [4.69, 9.17) is 5.73 Å². The zero-order valence-electron chi connectivity index (χ0n) is 16.7. The molecule has 3 atom stereocenters. The first kappa shape index (κ1) is 19.9. The summed E-state index contributed by atoms with van der Waals surface area (Å²) in [6.07, 6.45) is 0.160. The lowest BCUT2D eigenvalue weighted by Gasteiger charge is -2.39. The number of phenols is 2. The maximum Gasteiger partial charge on any atom is 0.258 e. The normalized spacial score (nSPS) is 23.4. The summed E-state index contributed by atoms with van der Waals surface area (Å²) >= 11 is 0. The molecule has 6 N–H and O–H groups in total. The molecule has 0 spiro atoms. The molecule has 2 unspecified atom stereocenters. The topological polar surface area (TPSA) is 150 Å². The molecule has 30 heavy (non-hydrogen) atoms. The molecule has 1 amide bonds. The minimum Gasteiger partial charge on any atom is -0.510 e. The Morgan fingerprint density at radius 2 is 1.77 bits per heavy atom. The lowest BCUT2D eigenvalue weighted by atomic mass is 9.64. The Labute approximate surface area is 172 Å². The number of aromatic hydroxyl groups is 2. The maximum atomic E-state index is 13.4. The standard InChI is InChI=1S/C22H22N2O6/c1-7-4-5-9-8(2)10-6-11-14(19(27)13(10)18(26)12(9)17(7)25)20(28)15(22(30)24-3)21(29)16(11)23/h4-5,11,14,16,25-26,29H,6,23H2,1-3H3,(H,24,30)/t11?,14?,16-/m1/s1. The maximum absolute atomic E-state index is 13.4. The molecule has 156 valence electrons. The molecular formula is C22H22N2O6. The Kier molecular flexibility index (Phi) is 4.36. The van der Waals surface area contributed by atoms with Gasteiger partial charge in [-0.05, 0) is 42.3 Å². The van der Waals surface area contributed by atoms with E-state index < -0.39 is 52.4 Å². The van der Waals surface area contributed by atoms with Crippen molar-refractivity contribution in [3.05, 3.63) is 45.7 Å². The number of Topliss-reactive ketones (excluding diaryl/α,β-unsaturated/α-hetero) is 2. The number of carbonyl (C=O) groups excluding carboxylic acids is 3. The summed E-state index contributed by atoms with van der Waals surface area (Å²) in [6, 6.07) is 2.38. The predicted octanol–water partition coefficient (Wildman–Crippen LogP) is 1.31. The second-order valence-electron chi connectivity index (χ2n) is 7.92. The van der Waals surface area contributed by atoms with E-state index in [1.54, 1.807) is 26.0 Å². The minimum atomic E-state index is -1.30. The van der Waals surface area contributed by atoms with Crippen molar-refractivity contribution in [2.24, 2.45) is 17.6 Å². The van der Waals surface area contributed by atoms with E-state index in [0.29, 0.717) is 22.1 Å². The molecule has 0 heterocycles. The summed E-state index contributed by atoms with van der Waals surface area (Å²) in [4.78, 5) is 38.6. The summed E-state index contributed by atoms with van der Waals surface area (Å²) in [5.74, 6) is -5.42. The third-order valence-corrected chi connectivity index (χ3v) is 6.42. The average molecular weight is 410 g/mol. The first-order valence-corrected chi connectivity index (χ1v) is 9.57. The first-order valence-electron chi connectivity index (χ1n) is 9.57. The second kappa shape index (κ2) is 6.56. The SMILES string of the molecule is CNC(=O)C1=C(O)[C@H](N)C2Cc3c(c(O)c4c(O)c(C)ccc4c3C)C(=O)C2C1=O. The van der Waals surface area contributed by atoms with Crippen LogP contribution >= 0.6 is 0 Å². The molecule has 0 saturated heterocycles. The molecule has 2 aliphatic carbocycles. The van der Waals surface area contributed by atoms with Gasteiger partial charge in [-0.2, -0.15) is 0 Å². The van der Waals surface area contributed by atoms with Gasteiger partial charge < -0.3 is 26.4 Å². The zero-order chi connectivity index (χ0) is 22.1. The number of nitrogens with two attached hydrogens (primary N) is 1. The van der Waals surface area contributed by atoms with Gasteiger partial charge in [-0.15, -0.1) is 0 Å². The number of aryl methyl sites for hydroxylation is 2. The van der Waals surface area contributed by atoms with Gasteiger partial charge in [-0.25, -0.2) is 0 Å². The van der Waals surface area contributed by atoms with Crippen LogP contribution in [-0.4, -0.2) is 45.9 Å². The number of benzene rings is 2. The molecule has 2 aromatic carbocycles. The van der Waals surface area contributed by atoms with Crippen molar-refractivity contribution in [3.63, 3.8) is 0 Å². The van der Waals surface area contributed by atoms with E-state index in [0.717, 1.165) is 0 Å². The van der Waals surface area contributed by atoms with Crippen LogP contribution in [0.4, 0.5) is 0 Å². The Hall–Kier alpha value is -3.39. The van der Waals surface area contributed by atoms with E-state index in [1.165, 1.54) is 7.05 Å². The summed E-state index contributed by atoms with van der Waals surface area (Å²) in [7, 11) is 1.30. The predicted molar refractivity (Wildman–Crippen MR) is 108 cm³/mol. The van der Waals surface area contributed by atoms with Gasteiger partial charge in [-0.3, -0.25) is 14.4 Å². The van der Waals surface area contributed by atoms with Crippen LogP contribution < -0.4 is 11.1 Å². The smallest absolute Gasteiger partial charge is 0.258 e. The number of phenolic OH excluding ortho intramolecular Hbond substituents is 2. The Balaban J connectivity index is 1.99. The van der Waals surface area contributed by atoms with Crippen molar-refractivity contribution in [2.45, 2.75) is 26.3 Å². The van der Waals surface area contributed by atoms with E-state index in [-0.39, 0.29) is 23.1 Å². The van der Waals surface area contributed by atoms with Crippen LogP contribution in [0, 0.1) is 25.7 Å². The number of rotatable bonds is 1. The van der Waals surface area contributed by atoms with Crippen LogP contribution in [0.15, 0.2) is 23.5 Å². The lowest BCUT2D eigenvalue weighted by Crippen LogP contribution is -2.53. The fraction of sp³-hybridized carbons (Fsp3) is 0.318. The van der Waals surface area contributed by atoms with Crippen molar-refractivity contribution in [1.29, 1.82) is 0 Å². The number of aliphatic hydroxyl groups is 1. The van der Waals surface area contributed by atoms with Gasteiger partial charge in [0.05, 0.1) is 22.9 Å². The number of hydrogen-bond donors (Lipinski definition) is 5.